The highest BCUT2D eigenvalue weighted by Crippen LogP contribution is 2.11. The smallest absolute Gasteiger partial charge is 0.193 e. The third kappa shape index (κ3) is 5.24. The Hall–Kier alpha value is -1.71. The molecule has 4 heteroatoms. The minimum atomic E-state index is 0.918. The molecule has 1 heterocycles. The van der Waals surface area contributed by atoms with Crippen LogP contribution in [0, 0.1) is 0 Å². The zero-order valence-corrected chi connectivity index (χ0v) is 14.1. The van der Waals surface area contributed by atoms with Crippen LogP contribution in [-0.4, -0.2) is 50.6 Å². The average molecular weight is 302 g/mol. The van der Waals surface area contributed by atoms with Gasteiger partial charge in [-0.05, 0) is 44.7 Å². The number of nitrogens with zero attached hydrogens (tertiary/aromatic N) is 3. The normalized spacial score (nSPS) is 15.2. The second kappa shape index (κ2) is 9.34. The van der Waals surface area contributed by atoms with Crippen LogP contribution in [-0.2, 0) is 0 Å². The topological polar surface area (TPSA) is 30.9 Å². The van der Waals surface area contributed by atoms with E-state index in [0.29, 0.717) is 0 Å². The number of rotatable bonds is 7. The van der Waals surface area contributed by atoms with E-state index in [1.165, 1.54) is 24.9 Å². The van der Waals surface area contributed by atoms with Gasteiger partial charge in [-0.25, -0.2) is 0 Å². The summed E-state index contributed by atoms with van der Waals surface area (Å²) in [7, 11) is 2.16. The van der Waals surface area contributed by atoms with E-state index in [1.807, 2.05) is 0 Å². The number of para-hydroxylation sites is 1. The maximum atomic E-state index is 4.78. The minimum absolute atomic E-state index is 0.918. The molecule has 0 spiro atoms. The first kappa shape index (κ1) is 16.7. The largest absolute Gasteiger partial charge is 0.375 e. The molecule has 22 heavy (non-hydrogen) atoms. The lowest BCUT2D eigenvalue weighted by Gasteiger charge is -2.21. The molecule has 122 valence electrons. The monoisotopic (exact) mass is 302 g/mol. The zero-order valence-electron chi connectivity index (χ0n) is 14.1. The summed E-state index contributed by atoms with van der Waals surface area (Å²) < 4.78 is 0. The predicted molar refractivity (Wildman–Crippen MR) is 95.7 cm³/mol. The second-order valence-corrected chi connectivity index (χ2v) is 5.89. The molecule has 2 rings (SSSR count). The van der Waals surface area contributed by atoms with E-state index in [1.54, 1.807) is 0 Å². The van der Waals surface area contributed by atoms with Gasteiger partial charge in [0.1, 0.15) is 0 Å². The minimum Gasteiger partial charge on any atom is -0.375 e. The molecule has 1 aromatic carbocycles. The van der Waals surface area contributed by atoms with Crippen molar-refractivity contribution in [2.75, 3.05) is 44.7 Å². The lowest BCUT2D eigenvalue weighted by molar-refractivity contribution is 0.493. The Morgan fingerprint density at radius 3 is 2.59 bits per heavy atom. The Morgan fingerprint density at radius 1 is 1.18 bits per heavy atom. The van der Waals surface area contributed by atoms with Gasteiger partial charge in [-0.3, -0.25) is 4.99 Å². The lowest BCUT2D eigenvalue weighted by Crippen LogP contribution is -2.39. The van der Waals surface area contributed by atoms with E-state index in [4.69, 9.17) is 4.99 Å². The quantitative estimate of drug-likeness (QED) is 0.477. The fraction of sp³-hybridized carbons (Fsp3) is 0.611. The van der Waals surface area contributed by atoms with Crippen LogP contribution in [0.2, 0.25) is 0 Å². The van der Waals surface area contributed by atoms with Crippen molar-refractivity contribution in [3.05, 3.63) is 30.3 Å². The van der Waals surface area contributed by atoms with E-state index < -0.39 is 0 Å². The molecule has 0 radical (unpaired) electrons. The number of benzene rings is 1. The van der Waals surface area contributed by atoms with Crippen LogP contribution in [0.5, 0.6) is 0 Å². The standard InChI is InChI=1S/C18H30N4/c1-3-19-18(22-15-9-10-16-22)20-13-7-8-14-21(2)17-11-5-4-6-12-17/h4-6,11-12H,3,7-10,13-16H2,1-2H3,(H,19,20). The van der Waals surface area contributed by atoms with E-state index in [9.17, 15) is 0 Å². The summed E-state index contributed by atoms with van der Waals surface area (Å²) in [6, 6.07) is 10.6. The van der Waals surface area contributed by atoms with Gasteiger partial charge in [0.15, 0.2) is 5.96 Å². The summed E-state index contributed by atoms with van der Waals surface area (Å²) in [4.78, 5) is 9.48. The highest BCUT2D eigenvalue weighted by Gasteiger charge is 2.14. The average Bonchev–Trinajstić information content (AvgIpc) is 3.08. The van der Waals surface area contributed by atoms with Crippen LogP contribution in [0.15, 0.2) is 35.3 Å². The van der Waals surface area contributed by atoms with Crippen molar-refractivity contribution in [2.45, 2.75) is 32.6 Å². The summed E-state index contributed by atoms with van der Waals surface area (Å²) in [5.74, 6) is 1.11. The van der Waals surface area contributed by atoms with Gasteiger partial charge < -0.3 is 15.1 Å². The zero-order chi connectivity index (χ0) is 15.6. The fourth-order valence-electron chi connectivity index (χ4n) is 2.81. The van der Waals surface area contributed by atoms with Crippen LogP contribution in [0.25, 0.3) is 0 Å². The Bertz CT molecular complexity index is 438. The van der Waals surface area contributed by atoms with Crippen LogP contribution < -0.4 is 10.2 Å². The molecule has 0 unspecified atom stereocenters. The summed E-state index contributed by atoms with van der Waals surface area (Å²) in [5, 5.41) is 3.42. The molecule has 0 aromatic heterocycles. The third-order valence-electron chi connectivity index (χ3n) is 4.10. The van der Waals surface area contributed by atoms with Gasteiger partial charge in [-0.15, -0.1) is 0 Å². The van der Waals surface area contributed by atoms with Gasteiger partial charge in [0.2, 0.25) is 0 Å². The number of hydrogen-bond donors (Lipinski definition) is 1. The van der Waals surface area contributed by atoms with Crippen molar-refractivity contribution in [2.24, 2.45) is 4.99 Å². The predicted octanol–water partition coefficient (Wildman–Crippen LogP) is 2.96. The molecule has 0 atom stereocenters. The van der Waals surface area contributed by atoms with Crippen LogP contribution in [0.4, 0.5) is 5.69 Å². The Morgan fingerprint density at radius 2 is 1.91 bits per heavy atom. The molecule has 1 aliphatic heterocycles. The first-order valence-electron chi connectivity index (χ1n) is 8.60. The van der Waals surface area contributed by atoms with Crippen molar-refractivity contribution in [1.82, 2.24) is 10.2 Å². The number of hydrogen-bond acceptors (Lipinski definition) is 2. The van der Waals surface area contributed by atoms with Crippen LogP contribution in [0.3, 0.4) is 0 Å². The highest BCUT2D eigenvalue weighted by molar-refractivity contribution is 5.80. The lowest BCUT2D eigenvalue weighted by atomic mass is 10.2. The van der Waals surface area contributed by atoms with Crippen LogP contribution in [0.1, 0.15) is 32.6 Å². The van der Waals surface area contributed by atoms with Gasteiger partial charge in [-0.1, -0.05) is 18.2 Å². The molecule has 0 amide bonds. The Balaban J connectivity index is 1.69. The van der Waals surface area contributed by atoms with Gasteiger partial charge in [0.05, 0.1) is 0 Å². The second-order valence-electron chi connectivity index (χ2n) is 5.89. The molecular weight excluding hydrogens is 272 g/mol. The number of aliphatic imine (C=N–C) groups is 1. The SMILES string of the molecule is CCNC(=NCCCCN(C)c1ccccc1)N1CCCC1. The number of likely N-dealkylation sites (tertiary alicyclic amines) is 1. The maximum absolute atomic E-state index is 4.78. The summed E-state index contributed by atoms with van der Waals surface area (Å²) >= 11 is 0. The van der Waals surface area contributed by atoms with Crippen LogP contribution >= 0.6 is 0 Å². The molecule has 4 nitrogen and oxygen atoms in total. The molecule has 1 N–H and O–H groups in total. The van der Waals surface area contributed by atoms with Crippen molar-refractivity contribution in [3.8, 4) is 0 Å². The van der Waals surface area contributed by atoms with Gasteiger partial charge >= 0.3 is 0 Å². The summed E-state index contributed by atoms with van der Waals surface area (Å²) in [6.07, 6.45) is 4.91. The van der Waals surface area contributed by atoms with Gasteiger partial charge in [0.25, 0.3) is 0 Å². The van der Waals surface area contributed by atoms with E-state index in [2.05, 4.69) is 59.4 Å². The molecule has 0 bridgehead atoms. The molecule has 0 saturated carbocycles. The molecule has 1 fully saturated rings. The first-order valence-corrected chi connectivity index (χ1v) is 8.60. The number of anilines is 1. The molecule has 1 aliphatic rings. The first-order chi connectivity index (χ1) is 10.8. The Kier molecular flexibility index (Phi) is 7.07. The fourth-order valence-corrected chi connectivity index (χ4v) is 2.81. The van der Waals surface area contributed by atoms with Gasteiger partial charge in [0, 0.05) is 45.5 Å². The van der Waals surface area contributed by atoms with E-state index in [-0.39, 0.29) is 0 Å². The maximum Gasteiger partial charge on any atom is 0.193 e. The Labute approximate surface area is 135 Å². The van der Waals surface area contributed by atoms with Gasteiger partial charge in [-0.2, -0.15) is 0 Å². The van der Waals surface area contributed by atoms with Crippen molar-refractivity contribution < 1.29 is 0 Å². The molecule has 1 saturated heterocycles. The molecular formula is C18H30N4. The molecule has 0 aliphatic carbocycles. The van der Waals surface area contributed by atoms with Crippen molar-refractivity contribution in [3.63, 3.8) is 0 Å². The summed E-state index contributed by atoms with van der Waals surface area (Å²) in [6.45, 7) is 7.40. The highest BCUT2D eigenvalue weighted by atomic mass is 15.3. The van der Waals surface area contributed by atoms with E-state index in [0.717, 1.165) is 45.1 Å². The van der Waals surface area contributed by atoms with E-state index >= 15 is 0 Å². The summed E-state index contributed by atoms with van der Waals surface area (Å²) in [5.41, 5.74) is 1.29. The number of nitrogens with one attached hydrogen (secondary N) is 1. The van der Waals surface area contributed by atoms with Crippen molar-refractivity contribution >= 4 is 11.6 Å². The third-order valence-corrected chi connectivity index (χ3v) is 4.10. The molecule has 1 aromatic rings. The van der Waals surface area contributed by atoms with Crippen molar-refractivity contribution in [1.29, 1.82) is 0 Å². The number of guanidine groups is 1. The number of unbranched alkanes of at least 4 members (excludes halogenated alkanes) is 1.